The zero-order valence-corrected chi connectivity index (χ0v) is 20.1. The molecule has 1 N–H and O–H groups in total. The molecule has 1 amide bonds. The largest absolute Gasteiger partial charge is 0.507 e. The van der Waals surface area contributed by atoms with Crippen molar-refractivity contribution in [1.29, 1.82) is 0 Å². The number of hydrogen-bond acceptors (Lipinski definition) is 5. The van der Waals surface area contributed by atoms with E-state index >= 15 is 0 Å². The summed E-state index contributed by atoms with van der Waals surface area (Å²) in [7, 11) is 5.36. The minimum atomic E-state index is -0.680. The van der Waals surface area contributed by atoms with Crippen LogP contribution in [0.25, 0.3) is 5.76 Å². The smallest absolute Gasteiger partial charge is 0.295 e. The number of methoxy groups -OCH3 is 1. The molecule has 174 valence electrons. The van der Waals surface area contributed by atoms with Gasteiger partial charge in [0, 0.05) is 25.8 Å². The summed E-state index contributed by atoms with van der Waals surface area (Å²) >= 11 is 6.36. The van der Waals surface area contributed by atoms with Gasteiger partial charge in [-0.2, -0.15) is 0 Å². The molecule has 4 rings (SSSR count). The van der Waals surface area contributed by atoms with Crippen molar-refractivity contribution in [3.8, 4) is 5.75 Å². The van der Waals surface area contributed by atoms with Gasteiger partial charge in [-0.15, -0.1) is 0 Å². The van der Waals surface area contributed by atoms with Gasteiger partial charge in [-0.1, -0.05) is 36.6 Å². The summed E-state index contributed by atoms with van der Waals surface area (Å²) in [6.07, 6.45) is 3.72. The summed E-state index contributed by atoms with van der Waals surface area (Å²) < 4.78 is 5.44. The molecule has 7 heteroatoms. The van der Waals surface area contributed by atoms with Crippen molar-refractivity contribution in [2.45, 2.75) is 44.7 Å². The summed E-state index contributed by atoms with van der Waals surface area (Å²) in [6.45, 7) is 1.84. The average molecular weight is 469 g/mol. The predicted molar refractivity (Wildman–Crippen MR) is 130 cm³/mol. The zero-order valence-electron chi connectivity index (χ0n) is 19.4. The highest BCUT2D eigenvalue weighted by atomic mass is 35.5. The number of ether oxygens (including phenoxy) is 1. The summed E-state index contributed by atoms with van der Waals surface area (Å²) in [5, 5.41) is 11.8. The van der Waals surface area contributed by atoms with Crippen molar-refractivity contribution >= 4 is 34.7 Å². The maximum atomic E-state index is 13.3. The number of Topliss-reactive ketones (excluding diaryl/α,β-unsaturated/α-hetero) is 1. The monoisotopic (exact) mass is 468 g/mol. The normalized spacial score (nSPS) is 20.5. The first-order valence-electron chi connectivity index (χ1n) is 11.2. The van der Waals surface area contributed by atoms with Crippen LogP contribution in [0.1, 0.15) is 48.4 Å². The molecular formula is C26H29ClN2O4. The maximum Gasteiger partial charge on any atom is 0.295 e. The lowest BCUT2D eigenvalue weighted by atomic mass is 9.93. The third-order valence-corrected chi connectivity index (χ3v) is 6.85. The van der Waals surface area contributed by atoms with Crippen molar-refractivity contribution in [3.63, 3.8) is 0 Å². The van der Waals surface area contributed by atoms with Crippen LogP contribution in [0.15, 0.2) is 42.0 Å². The second-order valence-electron chi connectivity index (χ2n) is 8.96. The SMILES string of the molecule is COc1c(Cl)cc(C)cc1/C(O)=C1\C(=O)C(=O)N(C2CCCC2)C1c1ccc(N(C)C)cc1. The molecule has 1 aliphatic heterocycles. The first-order valence-corrected chi connectivity index (χ1v) is 11.5. The Balaban J connectivity index is 1.93. The number of nitrogens with zero attached hydrogens (tertiary/aromatic N) is 2. The lowest BCUT2D eigenvalue weighted by Gasteiger charge is -2.31. The molecule has 2 fully saturated rings. The van der Waals surface area contributed by atoms with Crippen molar-refractivity contribution in [2.24, 2.45) is 0 Å². The number of anilines is 1. The van der Waals surface area contributed by atoms with Crippen LogP contribution in [-0.2, 0) is 9.59 Å². The Hall–Kier alpha value is -2.99. The second-order valence-corrected chi connectivity index (χ2v) is 9.37. The summed E-state index contributed by atoms with van der Waals surface area (Å²) in [6, 6.07) is 10.5. The Bertz CT molecular complexity index is 1120. The highest BCUT2D eigenvalue weighted by Gasteiger charge is 2.49. The van der Waals surface area contributed by atoms with Crippen LogP contribution in [0, 0.1) is 6.92 Å². The van der Waals surface area contributed by atoms with Gasteiger partial charge in [0.1, 0.15) is 11.5 Å². The fraction of sp³-hybridized carbons (Fsp3) is 0.385. The van der Waals surface area contributed by atoms with Gasteiger partial charge in [0.25, 0.3) is 11.7 Å². The van der Waals surface area contributed by atoms with Gasteiger partial charge in [0.15, 0.2) is 0 Å². The Morgan fingerprint density at radius 2 is 1.76 bits per heavy atom. The van der Waals surface area contributed by atoms with E-state index in [1.807, 2.05) is 50.2 Å². The molecule has 2 aliphatic rings. The second kappa shape index (κ2) is 9.10. The highest BCUT2D eigenvalue weighted by Crippen LogP contribution is 2.45. The van der Waals surface area contributed by atoms with E-state index in [1.165, 1.54) is 7.11 Å². The van der Waals surface area contributed by atoms with Crippen molar-refractivity contribution in [1.82, 2.24) is 4.90 Å². The molecule has 0 bridgehead atoms. The highest BCUT2D eigenvalue weighted by molar-refractivity contribution is 6.46. The molecule has 33 heavy (non-hydrogen) atoms. The molecule has 6 nitrogen and oxygen atoms in total. The molecular weight excluding hydrogens is 440 g/mol. The topological polar surface area (TPSA) is 70.1 Å². The van der Waals surface area contributed by atoms with Gasteiger partial charge >= 0.3 is 0 Å². The van der Waals surface area contributed by atoms with E-state index in [-0.39, 0.29) is 23.1 Å². The van der Waals surface area contributed by atoms with Gasteiger partial charge < -0.3 is 19.6 Å². The molecule has 2 aromatic rings. The van der Waals surface area contributed by atoms with Crippen LogP contribution in [-0.4, -0.2) is 48.9 Å². The molecule has 0 aromatic heterocycles. The number of benzene rings is 2. The van der Waals surface area contributed by atoms with E-state index in [0.717, 1.165) is 42.5 Å². The third kappa shape index (κ3) is 4.08. The van der Waals surface area contributed by atoms with Gasteiger partial charge in [-0.05, 0) is 55.2 Å². The number of likely N-dealkylation sites (tertiary alicyclic amines) is 1. The van der Waals surface area contributed by atoms with Crippen LogP contribution in [0.5, 0.6) is 5.75 Å². The Labute approximate surface area is 199 Å². The molecule has 0 radical (unpaired) electrons. The van der Waals surface area contributed by atoms with Gasteiger partial charge in [-0.3, -0.25) is 9.59 Å². The molecule has 2 aromatic carbocycles. The lowest BCUT2D eigenvalue weighted by molar-refractivity contribution is -0.141. The molecule has 1 saturated carbocycles. The number of halogens is 1. The molecule has 1 unspecified atom stereocenters. The molecule has 1 saturated heterocycles. The third-order valence-electron chi connectivity index (χ3n) is 6.57. The van der Waals surface area contributed by atoms with Gasteiger partial charge in [0.2, 0.25) is 0 Å². The minimum Gasteiger partial charge on any atom is -0.507 e. The fourth-order valence-corrected chi connectivity index (χ4v) is 5.30. The first-order chi connectivity index (χ1) is 15.7. The Kier molecular flexibility index (Phi) is 6.39. The lowest BCUT2D eigenvalue weighted by Crippen LogP contribution is -2.37. The molecule has 1 atom stereocenters. The molecule has 1 heterocycles. The van der Waals surface area contributed by atoms with Crippen molar-refractivity contribution in [3.05, 3.63) is 63.7 Å². The average Bonchev–Trinajstić information content (AvgIpc) is 3.40. The zero-order chi connectivity index (χ0) is 23.9. The summed E-state index contributed by atoms with van der Waals surface area (Å²) in [5.41, 5.74) is 2.97. The van der Waals surface area contributed by atoms with Crippen molar-refractivity contribution in [2.75, 3.05) is 26.1 Å². The number of ketones is 1. The number of rotatable bonds is 5. The van der Waals surface area contributed by atoms with Crippen LogP contribution in [0.4, 0.5) is 5.69 Å². The predicted octanol–water partition coefficient (Wildman–Crippen LogP) is 5.09. The number of carbonyl (C=O) groups excluding carboxylic acids is 2. The van der Waals surface area contributed by atoms with E-state index in [1.54, 1.807) is 17.0 Å². The van der Waals surface area contributed by atoms with Crippen LogP contribution >= 0.6 is 11.6 Å². The number of aliphatic hydroxyl groups excluding tert-OH is 1. The minimum absolute atomic E-state index is 0.0340. The number of aliphatic hydroxyl groups is 1. The number of hydrogen-bond donors (Lipinski definition) is 1. The molecule has 0 spiro atoms. The van der Waals surface area contributed by atoms with Gasteiger partial charge in [-0.25, -0.2) is 0 Å². The van der Waals surface area contributed by atoms with Gasteiger partial charge in [0.05, 0.1) is 29.3 Å². The summed E-state index contributed by atoms with van der Waals surface area (Å²) in [4.78, 5) is 30.2. The standard InChI is InChI=1S/C26H29ClN2O4/c1-15-13-19(25(33-4)20(27)14-15)23(30)21-22(16-9-11-17(12-10-16)28(2)3)29(26(32)24(21)31)18-7-5-6-8-18/h9-14,18,22,30H,5-8H2,1-4H3/b23-21+. The quantitative estimate of drug-likeness (QED) is 0.376. The first kappa shape index (κ1) is 23.2. The van der Waals surface area contributed by atoms with E-state index in [2.05, 4.69) is 0 Å². The number of amides is 1. The fourth-order valence-electron chi connectivity index (χ4n) is 4.95. The summed E-state index contributed by atoms with van der Waals surface area (Å²) in [5.74, 6) is -1.24. The van der Waals surface area contributed by atoms with E-state index < -0.39 is 17.7 Å². The molecule has 1 aliphatic carbocycles. The van der Waals surface area contributed by atoms with Crippen LogP contribution in [0.3, 0.4) is 0 Å². The maximum absolute atomic E-state index is 13.3. The van der Waals surface area contributed by atoms with Crippen LogP contribution in [0.2, 0.25) is 5.02 Å². The Morgan fingerprint density at radius 1 is 1.12 bits per heavy atom. The number of carbonyl (C=O) groups is 2. The van der Waals surface area contributed by atoms with E-state index in [9.17, 15) is 14.7 Å². The van der Waals surface area contributed by atoms with E-state index in [4.69, 9.17) is 16.3 Å². The number of aryl methyl sites for hydroxylation is 1. The van der Waals surface area contributed by atoms with Crippen molar-refractivity contribution < 1.29 is 19.4 Å². The van der Waals surface area contributed by atoms with E-state index in [0.29, 0.717) is 10.6 Å². The van der Waals surface area contributed by atoms with Crippen LogP contribution < -0.4 is 9.64 Å². The Morgan fingerprint density at radius 3 is 2.33 bits per heavy atom.